The summed E-state index contributed by atoms with van der Waals surface area (Å²) in [5.41, 5.74) is 9.20. The van der Waals surface area contributed by atoms with Crippen LogP contribution >= 0.6 is 12.2 Å². The zero-order valence-electron chi connectivity index (χ0n) is 11.8. The van der Waals surface area contributed by atoms with Crippen LogP contribution in [-0.2, 0) is 13.1 Å². The summed E-state index contributed by atoms with van der Waals surface area (Å²) in [7, 11) is 0. The fourth-order valence-corrected chi connectivity index (χ4v) is 2.33. The first-order valence-corrected chi connectivity index (χ1v) is 7.25. The van der Waals surface area contributed by atoms with Gasteiger partial charge in [0.15, 0.2) is 0 Å². The van der Waals surface area contributed by atoms with Crippen LogP contribution in [0.1, 0.15) is 23.6 Å². The predicted octanol–water partition coefficient (Wildman–Crippen LogP) is 3.34. The second-order valence-electron chi connectivity index (χ2n) is 4.85. The number of benzene rings is 2. The van der Waals surface area contributed by atoms with E-state index in [1.165, 1.54) is 11.1 Å². The number of nitrogens with two attached hydrogens (primary N) is 1. The first-order valence-electron chi connectivity index (χ1n) is 6.84. The molecule has 0 atom stereocenters. The van der Waals surface area contributed by atoms with E-state index in [-0.39, 0.29) is 0 Å². The molecule has 2 rings (SSSR count). The number of thiocarbonyl (C=S) groups is 1. The first kappa shape index (κ1) is 14.7. The van der Waals surface area contributed by atoms with E-state index in [0.29, 0.717) is 4.99 Å². The molecule has 0 aliphatic carbocycles. The number of hydrogen-bond acceptors (Lipinski definition) is 2. The quantitative estimate of drug-likeness (QED) is 0.825. The summed E-state index contributed by atoms with van der Waals surface area (Å²) in [6.07, 6.45) is 0. The average Bonchev–Trinajstić information content (AvgIpc) is 2.48. The van der Waals surface area contributed by atoms with Gasteiger partial charge in [-0.2, -0.15) is 0 Å². The average molecular weight is 284 g/mol. The lowest BCUT2D eigenvalue weighted by molar-refractivity contribution is 0.271. The van der Waals surface area contributed by atoms with Gasteiger partial charge in [-0.05, 0) is 23.7 Å². The van der Waals surface area contributed by atoms with Crippen LogP contribution in [0.15, 0.2) is 54.6 Å². The number of hydrogen-bond donors (Lipinski definition) is 1. The van der Waals surface area contributed by atoms with Crippen LogP contribution in [0.5, 0.6) is 0 Å². The van der Waals surface area contributed by atoms with Crippen molar-refractivity contribution in [3.63, 3.8) is 0 Å². The highest BCUT2D eigenvalue weighted by molar-refractivity contribution is 7.80. The summed E-state index contributed by atoms with van der Waals surface area (Å²) in [6.45, 7) is 5.04. The van der Waals surface area contributed by atoms with E-state index in [4.69, 9.17) is 18.0 Å². The number of rotatable bonds is 6. The van der Waals surface area contributed by atoms with Crippen molar-refractivity contribution in [1.82, 2.24) is 4.90 Å². The third-order valence-electron chi connectivity index (χ3n) is 3.31. The second-order valence-corrected chi connectivity index (χ2v) is 5.29. The Balaban J connectivity index is 2.06. The Bertz CT molecular complexity index is 566. The van der Waals surface area contributed by atoms with Crippen LogP contribution in [-0.4, -0.2) is 16.4 Å². The van der Waals surface area contributed by atoms with Crippen molar-refractivity contribution < 1.29 is 0 Å². The molecule has 2 aromatic carbocycles. The molecule has 0 radical (unpaired) electrons. The van der Waals surface area contributed by atoms with Gasteiger partial charge in [-0.25, -0.2) is 0 Å². The van der Waals surface area contributed by atoms with Crippen molar-refractivity contribution in [2.24, 2.45) is 5.73 Å². The summed E-state index contributed by atoms with van der Waals surface area (Å²) in [6, 6.07) is 18.7. The Labute approximate surface area is 126 Å². The summed E-state index contributed by atoms with van der Waals surface area (Å²) >= 11 is 5.03. The molecule has 0 aromatic heterocycles. The van der Waals surface area contributed by atoms with E-state index in [1.807, 2.05) is 18.2 Å². The lowest BCUT2D eigenvalue weighted by Gasteiger charge is -2.21. The van der Waals surface area contributed by atoms with E-state index < -0.39 is 0 Å². The van der Waals surface area contributed by atoms with Crippen molar-refractivity contribution in [3.8, 4) is 0 Å². The maximum Gasteiger partial charge on any atom is 0.103 e. The highest BCUT2D eigenvalue weighted by Crippen LogP contribution is 2.11. The topological polar surface area (TPSA) is 29.3 Å². The molecule has 0 amide bonds. The fourth-order valence-electron chi connectivity index (χ4n) is 2.20. The molecule has 20 heavy (non-hydrogen) atoms. The van der Waals surface area contributed by atoms with Gasteiger partial charge in [0.2, 0.25) is 0 Å². The molecule has 3 heteroatoms. The smallest absolute Gasteiger partial charge is 0.103 e. The third-order valence-corrected chi connectivity index (χ3v) is 3.55. The zero-order valence-corrected chi connectivity index (χ0v) is 12.6. The van der Waals surface area contributed by atoms with E-state index in [1.54, 1.807) is 0 Å². The lowest BCUT2D eigenvalue weighted by atomic mass is 10.1. The minimum absolute atomic E-state index is 0.456. The Morgan fingerprint density at radius 3 is 2.30 bits per heavy atom. The molecule has 104 valence electrons. The van der Waals surface area contributed by atoms with Gasteiger partial charge in [0.1, 0.15) is 4.99 Å². The molecule has 0 fully saturated rings. The van der Waals surface area contributed by atoms with Gasteiger partial charge in [-0.15, -0.1) is 0 Å². The van der Waals surface area contributed by atoms with Crippen LogP contribution in [0.3, 0.4) is 0 Å². The van der Waals surface area contributed by atoms with Gasteiger partial charge < -0.3 is 5.73 Å². The molecule has 0 aliphatic rings. The number of nitrogens with zero attached hydrogens (tertiary/aromatic N) is 1. The zero-order chi connectivity index (χ0) is 14.4. The fraction of sp³-hybridized carbons (Fsp3) is 0.235. The largest absolute Gasteiger partial charge is 0.389 e. The lowest BCUT2D eigenvalue weighted by Crippen LogP contribution is -2.22. The third kappa shape index (κ3) is 4.15. The summed E-state index contributed by atoms with van der Waals surface area (Å²) in [5.74, 6) is 0. The first-order chi connectivity index (χ1) is 9.69. The van der Waals surface area contributed by atoms with Crippen molar-refractivity contribution in [1.29, 1.82) is 0 Å². The molecular weight excluding hydrogens is 264 g/mol. The highest BCUT2D eigenvalue weighted by Gasteiger charge is 2.06. The molecule has 0 saturated carbocycles. The maximum absolute atomic E-state index is 5.69. The van der Waals surface area contributed by atoms with E-state index in [2.05, 4.69) is 48.2 Å². The Hall–Kier alpha value is -1.71. The van der Waals surface area contributed by atoms with Gasteiger partial charge >= 0.3 is 0 Å². The predicted molar refractivity (Wildman–Crippen MR) is 88.6 cm³/mol. The summed E-state index contributed by atoms with van der Waals surface area (Å²) < 4.78 is 0. The van der Waals surface area contributed by atoms with E-state index in [0.717, 1.165) is 25.2 Å². The molecule has 0 bridgehead atoms. The highest BCUT2D eigenvalue weighted by atomic mass is 32.1. The van der Waals surface area contributed by atoms with Crippen molar-refractivity contribution in [2.75, 3.05) is 6.54 Å². The molecular formula is C17H20N2S. The Kier molecular flexibility index (Phi) is 5.27. The molecule has 2 nitrogen and oxygen atoms in total. The molecule has 2 aromatic rings. The van der Waals surface area contributed by atoms with Crippen molar-refractivity contribution in [3.05, 3.63) is 71.3 Å². The van der Waals surface area contributed by atoms with Crippen LogP contribution in [0.25, 0.3) is 0 Å². The minimum Gasteiger partial charge on any atom is -0.389 e. The molecule has 0 saturated heterocycles. The van der Waals surface area contributed by atoms with E-state index in [9.17, 15) is 0 Å². The Morgan fingerprint density at radius 2 is 1.65 bits per heavy atom. The van der Waals surface area contributed by atoms with Crippen LogP contribution in [0.2, 0.25) is 0 Å². The summed E-state index contributed by atoms with van der Waals surface area (Å²) in [5, 5.41) is 0. The molecule has 2 N–H and O–H groups in total. The van der Waals surface area contributed by atoms with Crippen LogP contribution in [0.4, 0.5) is 0 Å². The van der Waals surface area contributed by atoms with Crippen molar-refractivity contribution in [2.45, 2.75) is 20.0 Å². The van der Waals surface area contributed by atoms with E-state index >= 15 is 0 Å². The van der Waals surface area contributed by atoms with Gasteiger partial charge in [0.25, 0.3) is 0 Å². The molecule has 0 spiro atoms. The van der Waals surface area contributed by atoms with Gasteiger partial charge in [0, 0.05) is 18.7 Å². The van der Waals surface area contributed by atoms with Gasteiger partial charge in [0.05, 0.1) is 0 Å². The van der Waals surface area contributed by atoms with Gasteiger partial charge in [-0.1, -0.05) is 67.7 Å². The van der Waals surface area contributed by atoms with Crippen LogP contribution < -0.4 is 5.73 Å². The molecule has 0 unspecified atom stereocenters. The molecule has 0 heterocycles. The van der Waals surface area contributed by atoms with Gasteiger partial charge in [-0.3, -0.25) is 4.90 Å². The molecule has 0 aliphatic heterocycles. The maximum atomic E-state index is 5.69. The van der Waals surface area contributed by atoms with Crippen LogP contribution in [0, 0.1) is 0 Å². The standard InChI is InChI=1S/C17H20N2S/c1-2-19(12-14-7-4-3-5-8-14)13-15-9-6-10-16(11-15)17(18)20/h3-11H,2,12-13H2,1H3,(H2,18,20). The Morgan fingerprint density at radius 1 is 1.00 bits per heavy atom. The summed E-state index contributed by atoms with van der Waals surface area (Å²) in [4.78, 5) is 2.85. The second kappa shape index (κ2) is 7.17. The SMILES string of the molecule is CCN(Cc1ccccc1)Cc1cccc(C(N)=S)c1. The normalized spacial score (nSPS) is 10.7. The van der Waals surface area contributed by atoms with Crippen molar-refractivity contribution >= 4 is 17.2 Å². The minimum atomic E-state index is 0.456. The monoisotopic (exact) mass is 284 g/mol.